The van der Waals surface area contributed by atoms with Crippen LogP contribution in [-0.2, 0) is 12.8 Å². The van der Waals surface area contributed by atoms with E-state index in [1.165, 1.54) is 16.2 Å². The molecule has 0 atom stereocenters. The third-order valence-corrected chi connectivity index (χ3v) is 3.82. The molecule has 0 bridgehead atoms. The number of aromatic nitrogens is 1. The van der Waals surface area contributed by atoms with Gasteiger partial charge in [-0.05, 0) is 24.1 Å². The number of benzene rings is 1. The van der Waals surface area contributed by atoms with Crippen molar-refractivity contribution in [2.24, 2.45) is 7.05 Å². The summed E-state index contributed by atoms with van der Waals surface area (Å²) in [6.45, 7) is 2.17. The molecule has 0 fully saturated rings. The van der Waals surface area contributed by atoms with Gasteiger partial charge >= 0.3 is 0 Å². The maximum absolute atomic E-state index is 2.20. The quantitative estimate of drug-likeness (QED) is 0.579. The fourth-order valence-electron chi connectivity index (χ4n) is 1.58. The summed E-state index contributed by atoms with van der Waals surface area (Å²) in [4.78, 5) is 0. The maximum atomic E-state index is 2.20. The first-order chi connectivity index (χ1) is 7.77. The molecule has 2 aromatic rings. The van der Waals surface area contributed by atoms with E-state index in [-0.39, 0.29) is 0 Å². The highest BCUT2D eigenvalue weighted by Crippen LogP contribution is 2.20. The second kappa shape index (κ2) is 5.17. The van der Waals surface area contributed by atoms with E-state index in [1.807, 2.05) is 11.8 Å². The molecule has 1 heterocycles. The Bertz CT molecular complexity index is 434. The van der Waals surface area contributed by atoms with Gasteiger partial charge in [0.1, 0.15) is 7.05 Å². The minimum absolute atomic E-state index is 1.03. The summed E-state index contributed by atoms with van der Waals surface area (Å²) in [5, 5.41) is 1.30. The zero-order valence-corrected chi connectivity index (χ0v) is 10.5. The Kier molecular flexibility index (Phi) is 3.62. The lowest BCUT2D eigenvalue weighted by molar-refractivity contribution is -0.708. The molecule has 0 aliphatic rings. The van der Waals surface area contributed by atoms with E-state index in [0.717, 1.165) is 5.75 Å². The van der Waals surface area contributed by atoms with Crippen LogP contribution in [0.2, 0.25) is 0 Å². The number of hydrogen-bond acceptors (Lipinski definition) is 1. The summed E-state index contributed by atoms with van der Waals surface area (Å²) < 4.78 is 2.16. The van der Waals surface area contributed by atoms with Crippen molar-refractivity contribution in [3.63, 3.8) is 0 Å². The highest BCUT2D eigenvalue weighted by atomic mass is 32.2. The predicted molar refractivity (Wildman–Crippen MR) is 68.4 cm³/mol. The standard InChI is InChI=1S/C14H16NS/c1-12-7-3-4-8-13(12)11-16-14-9-5-6-10-15(14)2/h3-10H,11H2,1-2H3/q+1. The fraction of sp³-hybridized carbons (Fsp3) is 0.214. The Hall–Kier alpha value is -1.28. The molecule has 0 N–H and O–H groups in total. The molecule has 82 valence electrons. The third kappa shape index (κ3) is 2.64. The molecular weight excluding hydrogens is 214 g/mol. The van der Waals surface area contributed by atoms with Crippen LogP contribution in [0.5, 0.6) is 0 Å². The summed E-state index contributed by atoms with van der Waals surface area (Å²) in [7, 11) is 2.08. The van der Waals surface area contributed by atoms with Gasteiger partial charge in [-0.1, -0.05) is 36.0 Å². The van der Waals surface area contributed by atoms with Crippen LogP contribution in [0.4, 0.5) is 0 Å². The normalized spacial score (nSPS) is 10.4. The van der Waals surface area contributed by atoms with Gasteiger partial charge in [-0.3, -0.25) is 0 Å². The van der Waals surface area contributed by atoms with Crippen molar-refractivity contribution in [3.8, 4) is 0 Å². The molecule has 0 unspecified atom stereocenters. The lowest BCUT2D eigenvalue weighted by atomic mass is 10.1. The zero-order chi connectivity index (χ0) is 11.4. The molecule has 0 aliphatic heterocycles. The van der Waals surface area contributed by atoms with E-state index in [1.54, 1.807) is 0 Å². The van der Waals surface area contributed by atoms with Crippen LogP contribution in [0.25, 0.3) is 0 Å². The van der Waals surface area contributed by atoms with E-state index in [9.17, 15) is 0 Å². The first-order valence-corrected chi connectivity index (χ1v) is 6.38. The highest BCUT2D eigenvalue weighted by molar-refractivity contribution is 7.98. The molecule has 1 aromatic heterocycles. The first-order valence-electron chi connectivity index (χ1n) is 5.39. The Balaban J connectivity index is 2.09. The Morgan fingerprint density at radius 1 is 1.06 bits per heavy atom. The van der Waals surface area contributed by atoms with Crippen LogP contribution in [0.15, 0.2) is 53.7 Å². The second-order valence-corrected chi connectivity index (χ2v) is 4.86. The van der Waals surface area contributed by atoms with E-state index in [0.29, 0.717) is 0 Å². The largest absolute Gasteiger partial charge is 0.240 e. The lowest BCUT2D eigenvalue weighted by Gasteiger charge is -2.03. The van der Waals surface area contributed by atoms with Gasteiger partial charge in [-0.25, -0.2) is 0 Å². The fourth-order valence-corrected chi connectivity index (χ4v) is 2.65. The first kappa shape index (κ1) is 11.2. The molecule has 2 rings (SSSR count). The minimum Gasteiger partial charge on any atom is -0.196 e. The summed E-state index contributed by atoms with van der Waals surface area (Å²) in [6.07, 6.45) is 2.08. The molecule has 1 aromatic carbocycles. The van der Waals surface area contributed by atoms with Crippen molar-refractivity contribution in [1.82, 2.24) is 0 Å². The van der Waals surface area contributed by atoms with E-state index < -0.39 is 0 Å². The Morgan fingerprint density at radius 2 is 1.81 bits per heavy atom. The molecule has 2 heteroatoms. The molecule has 0 aliphatic carbocycles. The number of nitrogens with zero attached hydrogens (tertiary/aromatic N) is 1. The topological polar surface area (TPSA) is 3.88 Å². The van der Waals surface area contributed by atoms with E-state index in [4.69, 9.17) is 0 Å². The summed E-state index contributed by atoms with van der Waals surface area (Å²) in [5.74, 6) is 1.03. The molecule has 0 amide bonds. The Labute approximate surface area is 101 Å². The molecule has 0 radical (unpaired) electrons. The van der Waals surface area contributed by atoms with Gasteiger partial charge < -0.3 is 0 Å². The van der Waals surface area contributed by atoms with Gasteiger partial charge in [0, 0.05) is 17.9 Å². The van der Waals surface area contributed by atoms with Crippen LogP contribution in [-0.4, -0.2) is 0 Å². The van der Waals surface area contributed by atoms with Gasteiger partial charge in [-0.2, -0.15) is 4.57 Å². The van der Waals surface area contributed by atoms with Crippen molar-refractivity contribution in [1.29, 1.82) is 0 Å². The molecule has 1 nitrogen and oxygen atoms in total. The van der Waals surface area contributed by atoms with Gasteiger partial charge in [0.15, 0.2) is 6.20 Å². The van der Waals surface area contributed by atoms with Crippen molar-refractivity contribution in [2.75, 3.05) is 0 Å². The smallest absolute Gasteiger partial charge is 0.196 e. The number of pyridine rings is 1. The van der Waals surface area contributed by atoms with Gasteiger partial charge in [0.25, 0.3) is 0 Å². The van der Waals surface area contributed by atoms with E-state index >= 15 is 0 Å². The van der Waals surface area contributed by atoms with Crippen LogP contribution < -0.4 is 4.57 Å². The van der Waals surface area contributed by atoms with Crippen molar-refractivity contribution < 1.29 is 4.57 Å². The molecule has 0 saturated heterocycles. The molecular formula is C14H16NS+. The summed E-state index contributed by atoms with van der Waals surface area (Å²) in [5.41, 5.74) is 2.78. The summed E-state index contributed by atoms with van der Waals surface area (Å²) in [6, 6.07) is 14.9. The highest BCUT2D eigenvalue weighted by Gasteiger charge is 2.06. The average Bonchev–Trinajstić information content (AvgIpc) is 2.30. The van der Waals surface area contributed by atoms with Crippen molar-refractivity contribution in [3.05, 3.63) is 59.8 Å². The van der Waals surface area contributed by atoms with Gasteiger partial charge in [0.05, 0.1) is 0 Å². The number of aryl methyl sites for hydroxylation is 2. The number of hydrogen-bond donors (Lipinski definition) is 0. The molecule has 16 heavy (non-hydrogen) atoms. The zero-order valence-electron chi connectivity index (χ0n) is 9.68. The lowest BCUT2D eigenvalue weighted by Crippen LogP contribution is -2.29. The number of rotatable bonds is 3. The molecule has 0 spiro atoms. The third-order valence-electron chi connectivity index (χ3n) is 2.64. The second-order valence-electron chi connectivity index (χ2n) is 3.86. The van der Waals surface area contributed by atoms with Crippen LogP contribution in [0.3, 0.4) is 0 Å². The predicted octanol–water partition coefficient (Wildman–Crippen LogP) is 3.11. The summed E-state index contributed by atoms with van der Waals surface area (Å²) >= 11 is 1.88. The van der Waals surface area contributed by atoms with Crippen molar-refractivity contribution >= 4 is 11.8 Å². The SMILES string of the molecule is Cc1ccccc1CSc1cccc[n+]1C. The molecule has 0 saturated carbocycles. The van der Waals surface area contributed by atoms with Crippen LogP contribution >= 0.6 is 11.8 Å². The van der Waals surface area contributed by atoms with Crippen molar-refractivity contribution in [2.45, 2.75) is 17.7 Å². The monoisotopic (exact) mass is 230 g/mol. The van der Waals surface area contributed by atoms with Gasteiger partial charge in [-0.15, -0.1) is 0 Å². The minimum atomic E-state index is 1.03. The Morgan fingerprint density at radius 3 is 2.56 bits per heavy atom. The number of thioether (sulfide) groups is 1. The average molecular weight is 230 g/mol. The van der Waals surface area contributed by atoms with Crippen LogP contribution in [0.1, 0.15) is 11.1 Å². The maximum Gasteiger partial charge on any atom is 0.240 e. The van der Waals surface area contributed by atoms with Crippen LogP contribution in [0, 0.1) is 6.92 Å². The van der Waals surface area contributed by atoms with E-state index in [2.05, 4.69) is 67.2 Å². The van der Waals surface area contributed by atoms with Gasteiger partial charge in [0.2, 0.25) is 5.03 Å².